The lowest BCUT2D eigenvalue weighted by atomic mass is 9.83. The highest BCUT2D eigenvalue weighted by Gasteiger charge is 2.40. The molecule has 21 heteroatoms. The Kier molecular flexibility index (Phi) is 21.7. The van der Waals surface area contributed by atoms with Gasteiger partial charge < -0.3 is 56.4 Å². The summed E-state index contributed by atoms with van der Waals surface area (Å²) in [4.78, 5) is 116. The number of ketones is 1. The lowest BCUT2D eigenvalue weighted by molar-refractivity contribution is -0.144. The molecule has 2 aliphatic heterocycles. The van der Waals surface area contributed by atoms with Crippen LogP contribution in [0.3, 0.4) is 0 Å². The number of ether oxygens (including phenoxy) is 2. The number of nitrogens with two attached hydrogens (primary N) is 1. The summed E-state index contributed by atoms with van der Waals surface area (Å²) in [7, 11) is 0. The number of aromatic hydroxyl groups is 2. The number of H-pyrrole nitrogens is 1. The molecule has 9 rings (SSSR count). The van der Waals surface area contributed by atoms with Crippen LogP contribution >= 0.6 is 0 Å². The summed E-state index contributed by atoms with van der Waals surface area (Å²) in [6.45, 7) is 10.3. The Bertz CT molecular complexity index is 3770. The number of Topliss-reactive ketones (excluding diaryl/α,β-unsaturated/α-hetero) is 1. The number of esters is 1. The molecule has 0 spiro atoms. The van der Waals surface area contributed by atoms with Gasteiger partial charge in [0.05, 0.1) is 36.5 Å². The highest BCUT2D eigenvalue weighted by molar-refractivity contribution is 5.97. The molecule has 7 atom stereocenters. The van der Waals surface area contributed by atoms with Crippen LogP contribution in [-0.4, -0.2) is 115 Å². The van der Waals surface area contributed by atoms with E-state index in [1.54, 1.807) is 55.6 Å². The number of pyridine rings is 1. The molecule has 0 saturated carbocycles. The van der Waals surface area contributed by atoms with E-state index in [1.807, 2.05) is 88.4 Å². The zero-order valence-electron chi connectivity index (χ0n) is 50.6. The number of phenols is 2. The van der Waals surface area contributed by atoms with Crippen molar-refractivity contribution in [2.24, 2.45) is 29.4 Å². The number of amides is 5. The first-order valence-corrected chi connectivity index (χ1v) is 29.8. The lowest BCUT2D eigenvalue weighted by Crippen LogP contribution is -2.54. The smallest absolute Gasteiger partial charge is 0.340 e. The Morgan fingerprint density at radius 3 is 2.16 bits per heavy atom. The topological polar surface area (TPSA) is 322 Å². The second kappa shape index (κ2) is 29.7. The number of nitrogens with one attached hydrogen (secondary N) is 5. The fourth-order valence-corrected chi connectivity index (χ4v) is 11.2. The Labute approximate surface area is 515 Å². The van der Waals surface area contributed by atoms with Crippen molar-refractivity contribution in [3.63, 3.8) is 0 Å². The van der Waals surface area contributed by atoms with Gasteiger partial charge in [0, 0.05) is 78.5 Å². The second-order valence-corrected chi connectivity index (χ2v) is 22.8. The summed E-state index contributed by atoms with van der Waals surface area (Å²) in [5.74, 6) is -6.74. The minimum atomic E-state index is -1.24. The van der Waals surface area contributed by atoms with Gasteiger partial charge in [-0.25, -0.2) is 9.59 Å². The zero-order valence-corrected chi connectivity index (χ0v) is 50.6. The predicted molar refractivity (Wildman–Crippen MR) is 333 cm³/mol. The van der Waals surface area contributed by atoms with Gasteiger partial charge in [-0.2, -0.15) is 0 Å². The van der Waals surface area contributed by atoms with Gasteiger partial charge in [-0.05, 0) is 83.8 Å². The third-order valence-corrected chi connectivity index (χ3v) is 16.2. The van der Waals surface area contributed by atoms with E-state index in [9.17, 15) is 53.7 Å². The second-order valence-electron chi connectivity index (χ2n) is 22.8. The number of rotatable bonds is 23. The quantitative estimate of drug-likeness (QED) is 0.0291. The van der Waals surface area contributed by atoms with E-state index < -0.39 is 78.0 Å². The van der Waals surface area contributed by atoms with E-state index in [0.717, 1.165) is 38.5 Å². The largest absolute Gasteiger partial charge is 0.508 e. The van der Waals surface area contributed by atoms with Gasteiger partial charge in [-0.15, -0.1) is 0 Å². The Morgan fingerprint density at radius 1 is 0.798 bits per heavy atom. The minimum absolute atomic E-state index is 0.00511. The molecule has 2 aromatic heterocycles. The van der Waals surface area contributed by atoms with Crippen LogP contribution in [0.2, 0.25) is 0 Å². The number of carbonyl (C=O) groups excluding carboxylic acids is 7. The van der Waals surface area contributed by atoms with Gasteiger partial charge in [-0.1, -0.05) is 119 Å². The molecule has 10 N–H and O–H groups in total. The molecule has 0 saturated heterocycles. The number of nitrogens with zero attached hydrogens (tertiary/aromatic N) is 2. The summed E-state index contributed by atoms with van der Waals surface area (Å²) in [5.41, 5.74) is 12.0. The van der Waals surface area contributed by atoms with E-state index in [4.69, 9.17) is 15.2 Å². The molecule has 0 fully saturated rings. The number of hydrogen-bond acceptors (Lipinski definition) is 14. The summed E-state index contributed by atoms with van der Waals surface area (Å²) < 4.78 is 11.1. The first kappa shape index (κ1) is 65.1. The summed E-state index contributed by atoms with van der Waals surface area (Å²) in [5, 5.41) is 42.4. The van der Waals surface area contributed by atoms with Crippen molar-refractivity contribution in [3.8, 4) is 17.2 Å². The van der Waals surface area contributed by atoms with Crippen LogP contribution in [0.4, 0.5) is 0 Å². The summed E-state index contributed by atoms with van der Waals surface area (Å²) in [6, 6.07) is 33.6. The van der Waals surface area contributed by atoms with Crippen LogP contribution in [0.1, 0.15) is 93.8 Å². The van der Waals surface area contributed by atoms with E-state index in [2.05, 4.69) is 31.2 Å². The molecule has 4 heterocycles. The number of carbonyl (C=O) groups is 8. The van der Waals surface area contributed by atoms with Crippen molar-refractivity contribution >= 4 is 69.1 Å². The average Bonchev–Trinajstić information content (AvgIpc) is 1.70. The highest BCUT2D eigenvalue weighted by Crippen LogP contribution is 2.45. The number of para-hydroxylation sites is 2. The molecule has 5 amide bonds. The van der Waals surface area contributed by atoms with Gasteiger partial charge in [0.15, 0.2) is 5.78 Å². The Balaban J connectivity index is 0.000000284. The lowest BCUT2D eigenvalue weighted by Gasteiger charge is -2.29. The number of carboxylic acid groups (broad SMARTS) is 1. The van der Waals surface area contributed by atoms with Crippen molar-refractivity contribution in [2.45, 2.75) is 104 Å². The van der Waals surface area contributed by atoms with Crippen LogP contribution < -0.4 is 31.7 Å². The number of aliphatic carboxylic acids is 1. The maximum Gasteiger partial charge on any atom is 0.340 e. The van der Waals surface area contributed by atoms with Gasteiger partial charge >= 0.3 is 11.9 Å². The third kappa shape index (κ3) is 16.2. The first-order valence-electron chi connectivity index (χ1n) is 29.8. The van der Waals surface area contributed by atoms with Gasteiger partial charge in [-0.3, -0.25) is 39.1 Å². The van der Waals surface area contributed by atoms with E-state index >= 15 is 0 Å². The minimum Gasteiger partial charge on any atom is -0.508 e. The number of hydrogen-bond donors (Lipinski definition) is 9. The monoisotopic (exact) mass is 1210 g/mol. The zero-order chi connectivity index (χ0) is 64.1. The van der Waals surface area contributed by atoms with Gasteiger partial charge in [0.2, 0.25) is 35.4 Å². The summed E-state index contributed by atoms with van der Waals surface area (Å²) >= 11 is 0. The number of aromatic nitrogens is 2. The van der Waals surface area contributed by atoms with E-state index in [1.165, 1.54) is 36.1 Å². The number of carboxylic acids is 1. The molecule has 0 bridgehead atoms. The highest BCUT2D eigenvalue weighted by atomic mass is 16.5. The fraction of sp³-hybridized carbons (Fsp3) is 0.338. The first-order chi connectivity index (χ1) is 42.7. The van der Waals surface area contributed by atoms with Crippen molar-refractivity contribution < 1.29 is 63.1 Å². The van der Waals surface area contributed by atoms with Crippen LogP contribution in [-0.2, 0) is 68.9 Å². The Hall–Kier alpha value is -9.89. The van der Waals surface area contributed by atoms with Gasteiger partial charge in [0.1, 0.15) is 41.5 Å². The molecule has 0 aliphatic carbocycles. The van der Waals surface area contributed by atoms with E-state index in [-0.39, 0.29) is 91.9 Å². The molecule has 21 nitrogen and oxygen atoms in total. The van der Waals surface area contributed by atoms with Crippen LogP contribution in [0.5, 0.6) is 17.2 Å². The van der Waals surface area contributed by atoms with Crippen LogP contribution in [0.25, 0.3) is 21.8 Å². The van der Waals surface area contributed by atoms with Crippen LogP contribution in [0, 0.1) is 23.7 Å². The molecule has 7 aromatic rings. The Morgan fingerprint density at radius 2 is 1.47 bits per heavy atom. The molecule has 1 unspecified atom stereocenters. The predicted octanol–water partition coefficient (Wildman–Crippen LogP) is 7.01. The van der Waals surface area contributed by atoms with Gasteiger partial charge in [0.25, 0.3) is 0 Å². The number of benzene rings is 5. The SMILES string of the molecule is CCOC(=O)C1=C(NC(C)=O)Oc2cc(O)ccc2C1c1cnc2ccccc2c1.CC[C@H](C)[C@H](CC(=O)[C@H](Cc1ccc(O)cc1)NC(=O)[C@@H](CN)C(C)C)C(=O)N[C@H]1Cc2c([nH]c3ccccc23)CN(CC(=O)N[C@@H](Cc2ccccc2)C(=O)O)C1=O. The number of aromatic amines is 1. The van der Waals surface area contributed by atoms with Crippen molar-refractivity contribution in [1.29, 1.82) is 0 Å². The molecule has 5 aromatic carbocycles. The van der Waals surface area contributed by atoms with Crippen molar-refractivity contribution in [3.05, 3.63) is 179 Å². The fourth-order valence-electron chi connectivity index (χ4n) is 11.2. The maximum absolute atomic E-state index is 14.4. The molecule has 2 aliphatic rings. The average molecular weight is 1210 g/mol. The molecule has 466 valence electrons. The molecular formula is C68H76N8O13. The third-order valence-electron chi connectivity index (χ3n) is 16.2. The maximum atomic E-state index is 14.4. The summed E-state index contributed by atoms with van der Waals surface area (Å²) in [6.07, 6.45) is 2.26. The van der Waals surface area contributed by atoms with Crippen molar-refractivity contribution in [1.82, 2.24) is 36.1 Å². The van der Waals surface area contributed by atoms with E-state index in [0.29, 0.717) is 29.0 Å². The van der Waals surface area contributed by atoms with Crippen LogP contribution in [0.15, 0.2) is 145 Å². The number of fused-ring (bicyclic) bond motifs is 5. The molecule has 0 radical (unpaired) electrons. The number of phenolic OH excluding ortho intramolecular Hbond substituents is 2. The molecular weight excluding hydrogens is 1140 g/mol. The standard InChI is InChI=1S/C45H56N6O8.C23H20N2O5/c1-5-27(4)32(22-40(53)36(19-29-15-17-30(52)18-16-29)49-43(56)34(23-46)26(2)3)42(55)50-37-21-33-31-13-9-10-14-35(31)47-39(33)24-51(44(37)57)25-41(54)48-38(45(58)59)20-28-11-7-6-8-12-28;1-3-29-23(28)21-20(15-10-14-6-4-5-7-18(14)24-12-15)17-9-8-16(27)11-19(17)30-22(21)25-13(2)26/h6-18,26-27,32,34,36-38,47,52H,5,19-25,46H2,1-4H3,(H,48,54)(H,49,56)(H,50,55)(H,58,59);4-12,20,27H,3H2,1-2H3,(H,25,26)/t27-,32-,34-,36-,37-,38-;/m0./s1. The normalized spacial score (nSPS) is 16.2. The molecule has 89 heavy (non-hydrogen) atoms. The van der Waals surface area contributed by atoms with Crippen molar-refractivity contribution in [2.75, 3.05) is 19.7 Å².